The molecule has 1 saturated heterocycles. The van der Waals surface area contributed by atoms with E-state index in [0.29, 0.717) is 18.0 Å². The molecule has 0 aliphatic carbocycles. The summed E-state index contributed by atoms with van der Waals surface area (Å²) >= 11 is 3.25. The number of anilines is 1. The van der Waals surface area contributed by atoms with Crippen LogP contribution >= 0.6 is 23.1 Å². The largest absolute Gasteiger partial charge is 0.310 e. The lowest BCUT2D eigenvalue weighted by atomic mass is 10.1. The van der Waals surface area contributed by atoms with Crippen LogP contribution in [0.1, 0.15) is 33.8 Å². The smallest absolute Gasteiger partial charge is 0.235 e. The molecular formula is C15H17N3O3S3. The Balaban J connectivity index is 1.82. The Labute approximate surface area is 148 Å². The summed E-state index contributed by atoms with van der Waals surface area (Å²) in [5.74, 6) is 1.25. The minimum absolute atomic E-state index is 0.0470. The van der Waals surface area contributed by atoms with Crippen molar-refractivity contribution < 1.29 is 13.2 Å². The molecule has 2 aromatic heterocycles. The number of carbonyl (C=O) groups is 1. The number of hydrogen-bond acceptors (Lipinski definition) is 6. The highest BCUT2D eigenvalue weighted by Gasteiger charge is 2.36. The standard InChI is InChI=1S/C15H17N3O3S3/c1-9-13-14(11-3-2-5-22-11)23-7-12(19)16-15(13)18(17-9)10-4-6-24(20,21)8-10/h2-3,5,10,14H,4,6-8H2,1H3,(H,16,19)/t10-,14+/m0/s1. The van der Waals surface area contributed by atoms with E-state index in [1.165, 1.54) is 4.88 Å². The highest BCUT2D eigenvalue weighted by atomic mass is 32.2. The van der Waals surface area contributed by atoms with Crippen LogP contribution in [0.15, 0.2) is 17.5 Å². The Morgan fingerprint density at radius 3 is 2.92 bits per heavy atom. The van der Waals surface area contributed by atoms with Gasteiger partial charge in [0.05, 0.1) is 34.2 Å². The molecule has 0 spiro atoms. The normalized spacial score (nSPS) is 26.0. The molecule has 0 aromatic carbocycles. The third-order valence-corrected chi connectivity index (χ3v) is 8.48. The number of thioether (sulfide) groups is 1. The molecule has 2 aliphatic heterocycles. The number of fused-ring (bicyclic) bond motifs is 1. The summed E-state index contributed by atoms with van der Waals surface area (Å²) in [5.41, 5.74) is 1.85. The first-order valence-electron chi connectivity index (χ1n) is 7.69. The van der Waals surface area contributed by atoms with Crippen LogP contribution < -0.4 is 5.32 Å². The van der Waals surface area contributed by atoms with E-state index in [2.05, 4.69) is 16.5 Å². The molecule has 2 aromatic rings. The third kappa shape index (κ3) is 2.78. The van der Waals surface area contributed by atoms with E-state index in [0.717, 1.165) is 11.3 Å². The Morgan fingerprint density at radius 1 is 1.42 bits per heavy atom. The number of sulfone groups is 1. The number of hydrogen-bond donors (Lipinski definition) is 1. The van der Waals surface area contributed by atoms with Crippen LogP contribution in [0.25, 0.3) is 0 Å². The maximum absolute atomic E-state index is 12.2. The quantitative estimate of drug-likeness (QED) is 0.861. The zero-order chi connectivity index (χ0) is 16.9. The molecule has 1 fully saturated rings. The van der Waals surface area contributed by atoms with Gasteiger partial charge in [0, 0.05) is 10.4 Å². The van der Waals surface area contributed by atoms with E-state index in [1.807, 2.05) is 18.4 Å². The summed E-state index contributed by atoms with van der Waals surface area (Å²) in [5, 5.41) is 9.64. The molecule has 2 atom stereocenters. The second-order valence-electron chi connectivity index (χ2n) is 6.10. The van der Waals surface area contributed by atoms with E-state index in [4.69, 9.17) is 0 Å². The first kappa shape index (κ1) is 16.2. The van der Waals surface area contributed by atoms with Gasteiger partial charge in [-0.05, 0) is 24.8 Å². The van der Waals surface area contributed by atoms with Crippen molar-refractivity contribution in [3.63, 3.8) is 0 Å². The van der Waals surface area contributed by atoms with Crippen molar-refractivity contribution in [1.29, 1.82) is 0 Å². The molecule has 1 amide bonds. The fraction of sp³-hybridized carbons (Fsp3) is 0.467. The third-order valence-electron chi connectivity index (χ3n) is 4.39. The number of nitrogens with one attached hydrogen (secondary N) is 1. The first-order valence-corrected chi connectivity index (χ1v) is 11.4. The van der Waals surface area contributed by atoms with Crippen molar-refractivity contribution in [3.05, 3.63) is 33.6 Å². The van der Waals surface area contributed by atoms with Gasteiger partial charge in [-0.2, -0.15) is 5.10 Å². The predicted molar refractivity (Wildman–Crippen MR) is 96.5 cm³/mol. The molecule has 6 nitrogen and oxygen atoms in total. The van der Waals surface area contributed by atoms with Crippen LogP contribution in [0.5, 0.6) is 0 Å². The zero-order valence-electron chi connectivity index (χ0n) is 13.1. The van der Waals surface area contributed by atoms with Crippen LogP contribution in [-0.4, -0.2) is 41.4 Å². The van der Waals surface area contributed by atoms with Crippen molar-refractivity contribution in [2.24, 2.45) is 0 Å². The summed E-state index contributed by atoms with van der Waals surface area (Å²) in [7, 11) is -3.02. The van der Waals surface area contributed by atoms with Gasteiger partial charge in [-0.1, -0.05) is 6.07 Å². The van der Waals surface area contributed by atoms with Crippen molar-refractivity contribution in [1.82, 2.24) is 9.78 Å². The second-order valence-corrected chi connectivity index (χ2v) is 10.4. The summed E-state index contributed by atoms with van der Waals surface area (Å²) in [6.07, 6.45) is 0.544. The molecule has 128 valence electrons. The molecule has 0 bridgehead atoms. The first-order chi connectivity index (χ1) is 11.4. The van der Waals surface area contributed by atoms with E-state index < -0.39 is 9.84 Å². The number of nitrogens with zero attached hydrogens (tertiary/aromatic N) is 2. The van der Waals surface area contributed by atoms with E-state index in [-0.39, 0.29) is 28.7 Å². The maximum atomic E-state index is 12.2. The number of carbonyl (C=O) groups excluding carboxylic acids is 1. The monoisotopic (exact) mass is 383 g/mol. The molecule has 0 saturated carbocycles. The van der Waals surface area contributed by atoms with Gasteiger partial charge in [0.2, 0.25) is 5.91 Å². The van der Waals surface area contributed by atoms with Gasteiger partial charge in [0.15, 0.2) is 9.84 Å². The minimum atomic E-state index is -3.02. The minimum Gasteiger partial charge on any atom is -0.310 e. The van der Waals surface area contributed by atoms with Gasteiger partial charge in [-0.25, -0.2) is 13.1 Å². The lowest BCUT2D eigenvalue weighted by Crippen LogP contribution is -2.20. The maximum Gasteiger partial charge on any atom is 0.235 e. The van der Waals surface area contributed by atoms with Crippen LogP contribution in [-0.2, 0) is 14.6 Å². The average Bonchev–Trinajstić information content (AvgIpc) is 3.20. The predicted octanol–water partition coefficient (Wildman–Crippen LogP) is 2.39. The van der Waals surface area contributed by atoms with E-state index in [9.17, 15) is 13.2 Å². The number of thiophene rings is 1. The van der Waals surface area contributed by atoms with Crippen LogP contribution in [0.4, 0.5) is 5.82 Å². The van der Waals surface area contributed by atoms with Crippen LogP contribution in [0, 0.1) is 6.92 Å². The molecule has 4 heterocycles. The van der Waals surface area contributed by atoms with Gasteiger partial charge in [-0.3, -0.25) is 4.79 Å². The summed E-state index contributed by atoms with van der Waals surface area (Å²) in [6.45, 7) is 1.93. The van der Waals surface area contributed by atoms with Crippen molar-refractivity contribution in [2.45, 2.75) is 24.6 Å². The van der Waals surface area contributed by atoms with Crippen molar-refractivity contribution >= 4 is 44.7 Å². The van der Waals surface area contributed by atoms with Crippen molar-refractivity contribution in [3.8, 4) is 0 Å². The molecule has 1 N–H and O–H groups in total. The number of rotatable bonds is 2. The summed E-state index contributed by atoms with van der Waals surface area (Å²) < 4.78 is 25.4. The topological polar surface area (TPSA) is 81.1 Å². The lowest BCUT2D eigenvalue weighted by Gasteiger charge is -2.15. The molecule has 9 heteroatoms. The Hall–Kier alpha value is -1.32. The number of aromatic nitrogens is 2. The van der Waals surface area contributed by atoms with Gasteiger partial charge in [0.1, 0.15) is 5.82 Å². The molecule has 2 aliphatic rings. The Morgan fingerprint density at radius 2 is 2.25 bits per heavy atom. The highest BCUT2D eigenvalue weighted by Crippen LogP contribution is 2.45. The second kappa shape index (κ2) is 5.89. The molecule has 4 rings (SSSR count). The van der Waals surface area contributed by atoms with Gasteiger partial charge in [-0.15, -0.1) is 23.1 Å². The Kier molecular flexibility index (Phi) is 3.97. The number of aryl methyl sites for hydroxylation is 1. The fourth-order valence-electron chi connectivity index (χ4n) is 3.31. The SMILES string of the molecule is Cc1nn([C@H]2CCS(=O)(=O)C2)c2c1[C@@H](c1cccs1)SCC(=O)N2. The molecule has 0 unspecified atom stereocenters. The molecule has 24 heavy (non-hydrogen) atoms. The summed E-state index contributed by atoms with van der Waals surface area (Å²) in [4.78, 5) is 13.4. The fourth-order valence-corrected chi connectivity index (χ4v) is 7.16. The molecular weight excluding hydrogens is 366 g/mol. The van der Waals surface area contributed by atoms with Gasteiger partial charge in [0.25, 0.3) is 0 Å². The Bertz CT molecular complexity index is 887. The summed E-state index contributed by atoms with van der Waals surface area (Å²) in [6, 6.07) is 3.87. The zero-order valence-corrected chi connectivity index (χ0v) is 15.5. The van der Waals surface area contributed by atoms with Crippen LogP contribution in [0.3, 0.4) is 0 Å². The molecule has 0 radical (unpaired) electrons. The van der Waals surface area contributed by atoms with Gasteiger partial charge < -0.3 is 5.32 Å². The number of amides is 1. The van der Waals surface area contributed by atoms with Crippen molar-refractivity contribution in [2.75, 3.05) is 22.6 Å². The lowest BCUT2D eigenvalue weighted by molar-refractivity contribution is -0.113. The van der Waals surface area contributed by atoms with Gasteiger partial charge >= 0.3 is 0 Å². The highest BCUT2D eigenvalue weighted by molar-refractivity contribution is 8.00. The van der Waals surface area contributed by atoms with E-state index in [1.54, 1.807) is 27.8 Å². The van der Waals surface area contributed by atoms with E-state index >= 15 is 0 Å². The van der Waals surface area contributed by atoms with Crippen LogP contribution in [0.2, 0.25) is 0 Å². The average molecular weight is 384 g/mol.